The van der Waals surface area contributed by atoms with Gasteiger partial charge < -0.3 is 5.32 Å². The Balaban J connectivity index is 1.35. The summed E-state index contributed by atoms with van der Waals surface area (Å²) in [5.41, 5.74) is 3.02. The van der Waals surface area contributed by atoms with E-state index in [2.05, 4.69) is 10.4 Å². The summed E-state index contributed by atoms with van der Waals surface area (Å²) < 4.78 is 29.4. The molecule has 170 valence electrons. The lowest BCUT2D eigenvalue weighted by Crippen LogP contribution is -2.35. The molecule has 1 N–H and O–H groups in total. The summed E-state index contributed by atoms with van der Waals surface area (Å²) in [6.45, 7) is 3.33. The molecule has 10 heteroatoms. The van der Waals surface area contributed by atoms with Crippen molar-refractivity contribution >= 4 is 38.3 Å². The fourth-order valence-electron chi connectivity index (χ4n) is 4.32. The van der Waals surface area contributed by atoms with Gasteiger partial charge in [-0.05, 0) is 50.8 Å². The van der Waals surface area contributed by atoms with Gasteiger partial charge in [-0.3, -0.25) is 9.48 Å². The van der Waals surface area contributed by atoms with Crippen molar-refractivity contribution in [3.63, 3.8) is 0 Å². The van der Waals surface area contributed by atoms with Crippen molar-refractivity contribution < 1.29 is 13.2 Å². The van der Waals surface area contributed by atoms with Gasteiger partial charge in [0.15, 0.2) is 5.65 Å². The Kier molecular flexibility index (Phi) is 5.55. The van der Waals surface area contributed by atoms with Gasteiger partial charge in [-0.1, -0.05) is 6.42 Å². The van der Waals surface area contributed by atoms with Crippen LogP contribution in [0.15, 0.2) is 22.4 Å². The minimum atomic E-state index is -3.45. The van der Waals surface area contributed by atoms with Crippen LogP contribution < -0.4 is 5.32 Å². The largest absolute Gasteiger partial charge is 0.347 e. The fourth-order valence-corrected chi connectivity index (χ4v) is 7.29. The summed E-state index contributed by atoms with van der Waals surface area (Å²) in [5, 5.41) is 8.20. The lowest BCUT2D eigenvalue weighted by Gasteiger charge is -2.25. The number of nitrogens with one attached hydrogen (secondary N) is 1. The van der Waals surface area contributed by atoms with Gasteiger partial charge in [-0.15, -0.1) is 11.3 Å². The first-order valence-corrected chi connectivity index (χ1v) is 13.3. The van der Waals surface area contributed by atoms with Crippen molar-refractivity contribution in [3.05, 3.63) is 40.0 Å². The topological polar surface area (TPSA) is 97.2 Å². The summed E-state index contributed by atoms with van der Waals surface area (Å²) in [6.07, 6.45) is 5.09. The number of pyridine rings is 1. The summed E-state index contributed by atoms with van der Waals surface area (Å²) in [7, 11) is -1.61. The molecule has 0 spiro atoms. The van der Waals surface area contributed by atoms with E-state index >= 15 is 0 Å². The number of hydrogen-bond donors (Lipinski definition) is 1. The average molecular weight is 474 g/mol. The van der Waals surface area contributed by atoms with Crippen LogP contribution >= 0.6 is 11.3 Å². The molecule has 32 heavy (non-hydrogen) atoms. The zero-order chi connectivity index (χ0) is 22.5. The quantitative estimate of drug-likeness (QED) is 0.592. The van der Waals surface area contributed by atoms with Crippen molar-refractivity contribution in [3.8, 4) is 0 Å². The molecule has 1 saturated heterocycles. The number of carbonyl (C=O) groups excluding carboxylic acids is 1. The zero-order valence-electron chi connectivity index (χ0n) is 18.3. The van der Waals surface area contributed by atoms with E-state index in [4.69, 9.17) is 4.98 Å². The standard InChI is InChI=1S/C22H27N5O3S2/c1-14-20-17(12-18(15-6-7-15)24-21(20)26(2)25-14)22(28)23-13-16-8-9-19(31-16)32(29,30)27-10-4-3-5-11-27/h8-9,12,15H,3-7,10-11,13H2,1-2H3,(H,23,28). The van der Waals surface area contributed by atoms with Crippen LogP contribution in [0.2, 0.25) is 0 Å². The molecule has 0 atom stereocenters. The fraction of sp³-hybridized carbons (Fsp3) is 0.500. The molecule has 3 aromatic rings. The Bertz CT molecular complexity index is 1280. The van der Waals surface area contributed by atoms with Crippen molar-refractivity contribution in [2.75, 3.05) is 13.1 Å². The third-order valence-electron chi connectivity index (χ3n) is 6.20. The van der Waals surface area contributed by atoms with E-state index < -0.39 is 10.0 Å². The zero-order valence-corrected chi connectivity index (χ0v) is 19.9. The number of carbonyl (C=O) groups is 1. The highest BCUT2D eigenvalue weighted by Gasteiger charge is 2.29. The number of sulfonamides is 1. The Morgan fingerprint density at radius 1 is 1.22 bits per heavy atom. The normalized spacial score (nSPS) is 17.7. The van der Waals surface area contributed by atoms with Gasteiger partial charge in [0.2, 0.25) is 0 Å². The number of nitrogens with zero attached hydrogens (tertiary/aromatic N) is 4. The number of fused-ring (bicyclic) bond motifs is 1. The Hall–Kier alpha value is -2.30. The molecule has 1 aliphatic carbocycles. The minimum absolute atomic E-state index is 0.191. The third kappa shape index (κ3) is 3.95. The van der Waals surface area contributed by atoms with Crippen LogP contribution in [-0.2, 0) is 23.6 Å². The molecule has 5 rings (SSSR count). The monoisotopic (exact) mass is 473 g/mol. The number of thiophene rings is 1. The molecule has 0 aromatic carbocycles. The van der Waals surface area contributed by atoms with Crippen molar-refractivity contribution in [2.24, 2.45) is 7.05 Å². The van der Waals surface area contributed by atoms with Gasteiger partial charge in [0, 0.05) is 36.6 Å². The molecular formula is C22H27N5O3S2. The maximum absolute atomic E-state index is 13.1. The first-order chi connectivity index (χ1) is 15.3. The number of rotatable bonds is 6. The van der Waals surface area contributed by atoms with Crippen molar-refractivity contribution in [1.82, 2.24) is 24.4 Å². The molecule has 0 unspecified atom stereocenters. The van der Waals surface area contributed by atoms with Crippen molar-refractivity contribution in [2.45, 2.75) is 55.7 Å². The van der Waals surface area contributed by atoms with Crippen LogP contribution in [0.4, 0.5) is 0 Å². The van der Waals surface area contributed by atoms with Crippen LogP contribution in [0, 0.1) is 6.92 Å². The van der Waals surface area contributed by atoms with Gasteiger partial charge >= 0.3 is 0 Å². The smallest absolute Gasteiger partial charge is 0.252 e. The average Bonchev–Trinajstić information content (AvgIpc) is 3.46. The highest BCUT2D eigenvalue weighted by atomic mass is 32.2. The number of aryl methyl sites for hydroxylation is 2. The second kappa shape index (κ2) is 8.24. The highest BCUT2D eigenvalue weighted by Crippen LogP contribution is 2.40. The van der Waals surface area contributed by atoms with E-state index in [0.29, 0.717) is 28.8 Å². The van der Waals surface area contributed by atoms with Crippen LogP contribution in [0.1, 0.15) is 64.6 Å². The Labute approximate surface area is 191 Å². The maximum atomic E-state index is 13.1. The first kappa shape index (κ1) is 21.5. The van der Waals surface area contributed by atoms with E-state index in [0.717, 1.165) is 59.4 Å². The predicted molar refractivity (Wildman–Crippen MR) is 123 cm³/mol. The molecule has 2 aliphatic rings. The van der Waals surface area contributed by atoms with Gasteiger partial charge in [-0.2, -0.15) is 9.40 Å². The van der Waals surface area contributed by atoms with Gasteiger partial charge in [0.1, 0.15) is 4.21 Å². The summed E-state index contributed by atoms with van der Waals surface area (Å²) in [6, 6.07) is 5.33. The predicted octanol–water partition coefficient (Wildman–Crippen LogP) is 3.32. The molecule has 1 saturated carbocycles. The van der Waals surface area contributed by atoms with Crippen LogP contribution in [0.25, 0.3) is 11.0 Å². The summed E-state index contributed by atoms with van der Waals surface area (Å²) in [5.74, 6) is 0.227. The molecule has 0 bridgehead atoms. The number of amides is 1. The van der Waals surface area contributed by atoms with Crippen LogP contribution in [0.3, 0.4) is 0 Å². The molecule has 2 fully saturated rings. The minimum Gasteiger partial charge on any atom is -0.347 e. The van der Waals surface area contributed by atoms with Gasteiger partial charge in [-0.25, -0.2) is 13.4 Å². The molecule has 0 radical (unpaired) electrons. The lowest BCUT2D eigenvalue weighted by atomic mass is 10.1. The molecule has 1 aliphatic heterocycles. The van der Waals surface area contributed by atoms with E-state index in [-0.39, 0.29) is 12.5 Å². The molecule has 4 heterocycles. The third-order valence-corrected chi connectivity index (χ3v) is 9.65. The SMILES string of the molecule is Cc1nn(C)c2nc(C3CC3)cc(C(=O)NCc3ccc(S(=O)(=O)N4CCCCC4)s3)c12. The highest BCUT2D eigenvalue weighted by molar-refractivity contribution is 7.91. The Morgan fingerprint density at radius 3 is 2.69 bits per heavy atom. The maximum Gasteiger partial charge on any atom is 0.252 e. The van der Waals surface area contributed by atoms with E-state index in [9.17, 15) is 13.2 Å². The van der Waals surface area contributed by atoms with E-state index in [1.165, 1.54) is 11.3 Å². The Morgan fingerprint density at radius 2 is 1.97 bits per heavy atom. The second-order valence-electron chi connectivity index (χ2n) is 8.64. The van der Waals surface area contributed by atoms with E-state index in [1.54, 1.807) is 21.1 Å². The summed E-state index contributed by atoms with van der Waals surface area (Å²) in [4.78, 5) is 18.7. The number of aromatic nitrogens is 3. The number of hydrogen-bond acceptors (Lipinski definition) is 6. The van der Waals surface area contributed by atoms with Crippen LogP contribution in [-0.4, -0.2) is 46.5 Å². The van der Waals surface area contributed by atoms with Gasteiger partial charge in [0.25, 0.3) is 15.9 Å². The first-order valence-electron chi connectivity index (χ1n) is 11.1. The number of piperidine rings is 1. The van der Waals surface area contributed by atoms with Gasteiger partial charge in [0.05, 0.1) is 23.2 Å². The van der Waals surface area contributed by atoms with E-state index in [1.807, 2.05) is 20.0 Å². The lowest BCUT2D eigenvalue weighted by molar-refractivity contribution is 0.0952. The molecule has 3 aromatic heterocycles. The molecule has 1 amide bonds. The van der Waals surface area contributed by atoms with Crippen LogP contribution in [0.5, 0.6) is 0 Å². The summed E-state index contributed by atoms with van der Waals surface area (Å²) >= 11 is 1.23. The molecule has 8 nitrogen and oxygen atoms in total. The molecular weight excluding hydrogens is 446 g/mol. The second-order valence-corrected chi connectivity index (χ2v) is 12.0. The van der Waals surface area contributed by atoms with Crippen molar-refractivity contribution in [1.29, 1.82) is 0 Å².